The highest BCUT2D eigenvalue weighted by Crippen LogP contribution is 2.36. The summed E-state index contributed by atoms with van der Waals surface area (Å²) in [5.74, 6) is 0. The van der Waals surface area contributed by atoms with Gasteiger partial charge in [-0.1, -0.05) is 0 Å². The zero-order chi connectivity index (χ0) is 14.0. The molecule has 0 bridgehead atoms. The standard InChI is InChI=1S/C12H11F3N2OS/c1-18-11-5-17(6-11)10-3-8(12(13,14)15)2-9(4-10)16-7-19/h2-4,11H,5-6H2,1H3. The van der Waals surface area contributed by atoms with Crippen molar-refractivity contribution in [2.24, 2.45) is 4.99 Å². The molecule has 1 aromatic carbocycles. The summed E-state index contributed by atoms with van der Waals surface area (Å²) in [6, 6.07) is 3.62. The molecule has 3 nitrogen and oxygen atoms in total. The first kappa shape index (κ1) is 14.0. The highest BCUT2D eigenvalue weighted by molar-refractivity contribution is 7.78. The second-order valence-electron chi connectivity index (χ2n) is 4.20. The molecular formula is C12H11F3N2OS. The predicted molar refractivity (Wildman–Crippen MR) is 69.1 cm³/mol. The van der Waals surface area contributed by atoms with Gasteiger partial charge >= 0.3 is 6.18 Å². The van der Waals surface area contributed by atoms with Crippen LogP contribution >= 0.6 is 12.2 Å². The molecule has 0 unspecified atom stereocenters. The van der Waals surface area contributed by atoms with Crippen molar-refractivity contribution in [3.05, 3.63) is 23.8 Å². The van der Waals surface area contributed by atoms with Crippen LogP contribution in [0.4, 0.5) is 24.5 Å². The second-order valence-corrected chi connectivity index (χ2v) is 4.38. The smallest absolute Gasteiger partial charge is 0.378 e. The fourth-order valence-corrected chi connectivity index (χ4v) is 1.96. The minimum atomic E-state index is -4.41. The number of halogens is 3. The number of thiocarbonyl (C=S) groups is 1. The molecule has 0 aromatic heterocycles. The van der Waals surface area contributed by atoms with E-state index in [1.54, 1.807) is 18.1 Å². The Kier molecular flexibility index (Phi) is 3.89. The van der Waals surface area contributed by atoms with Gasteiger partial charge < -0.3 is 9.64 Å². The third-order valence-corrected chi connectivity index (χ3v) is 3.04. The molecule has 2 rings (SSSR count). The van der Waals surface area contributed by atoms with Crippen LogP contribution in [0.5, 0.6) is 0 Å². The van der Waals surface area contributed by atoms with Gasteiger partial charge in [-0.05, 0) is 30.4 Å². The maximum Gasteiger partial charge on any atom is 0.416 e. The summed E-state index contributed by atoms with van der Waals surface area (Å²) in [6.07, 6.45) is -4.35. The fourth-order valence-electron chi connectivity index (χ4n) is 1.86. The summed E-state index contributed by atoms with van der Waals surface area (Å²) >= 11 is 4.43. The van der Waals surface area contributed by atoms with Crippen molar-refractivity contribution < 1.29 is 17.9 Å². The minimum Gasteiger partial charge on any atom is -0.378 e. The van der Waals surface area contributed by atoms with Crippen LogP contribution in [-0.4, -0.2) is 31.5 Å². The molecule has 102 valence electrons. The van der Waals surface area contributed by atoms with E-state index in [2.05, 4.69) is 22.4 Å². The van der Waals surface area contributed by atoms with E-state index < -0.39 is 11.7 Å². The number of isothiocyanates is 1. The average molecular weight is 288 g/mol. The van der Waals surface area contributed by atoms with Gasteiger partial charge in [-0.15, -0.1) is 0 Å². The van der Waals surface area contributed by atoms with Crippen molar-refractivity contribution in [2.45, 2.75) is 12.3 Å². The quantitative estimate of drug-likeness (QED) is 0.630. The third-order valence-electron chi connectivity index (χ3n) is 2.95. The van der Waals surface area contributed by atoms with Gasteiger partial charge in [-0.3, -0.25) is 0 Å². The van der Waals surface area contributed by atoms with Crippen LogP contribution in [0.25, 0.3) is 0 Å². The lowest BCUT2D eigenvalue weighted by atomic mass is 10.1. The second kappa shape index (κ2) is 5.28. The number of alkyl halides is 3. The summed E-state index contributed by atoms with van der Waals surface area (Å²) in [5.41, 5.74) is -0.123. The Morgan fingerprint density at radius 3 is 2.58 bits per heavy atom. The maximum absolute atomic E-state index is 12.8. The van der Waals surface area contributed by atoms with Crippen molar-refractivity contribution in [3.8, 4) is 0 Å². The maximum atomic E-state index is 12.8. The Hall–Kier alpha value is -1.43. The summed E-state index contributed by atoms with van der Waals surface area (Å²) < 4.78 is 43.5. The summed E-state index contributed by atoms with van der Waals surface area (Å²) in [6.45, 7) is 1.14. The first-order valence-electron chi connectivity index (χ1n) is 5.52. The Labute approximate surface area is 113 Å². The van der Waals surface area contributed by atoms with Gasteiger partial charge in [0.15, 0.2) is 0 Å². The lowest BCUT2D eigenvalue weighted by Crippen LogP contribution is -2.51. The molecule has 19 heavy (non-hydrogen) atoms. The molecule has 0 atom stereocenters. The van der Waals surface area contributed by atoms with Crippen LogP contribution in [0.3, 0.4) is 0 Å². The van der Waals surface area contributed by atoms with Crippen molar-refractivity contribution in [1.82, 2.24) is 0 Å². The molecule has 1 fully saturated rings. The van der Waals surface area contributed by atoms with Crippen LogP contribution < -0.4 is 4.90 Å². The van der Waals surface area contributed by atoms with Gasteiger partial charge in [0.2, 0.25) is 0 Å². The van der Waals surface area contributed by atoms with Crippen LogP contribution in [0.1, 0.15) is 5.56 Å². The van der Waals surface area contributed by atoms with Gasteiger partial charge in [0.25, 0.3) is 0 Å². The van der Waals surface area contributed by atoms with Crippen LogP contribution in [0.2, 0.25) is 0 Å². The first-order chi connectivity index (χ1) is 8.94. The van der Waals surface area contributed by atoms with Gasteiger partial charge in [0.1, 0.15) is 0 Å². The molecule has 1 saturated heterocycles. The van der Waals surface area contributed by atoms with Crippen LogP contribution in [0, 0.1) is 0 Å². The van der Waals surface area contributed by atoms with E-state index >= 15 is 0 Å². The van der Waals surface area contributed by atoms with E-state index in [1.165, 1.54) is 0 Å². The molecule has 0 amide bonds. The molecule has 1 heterocycles. The fraction of sp³-hybridized carbons (Fsp3) is 0.417. The molecule has 1 aliphatic heterocycles. The Bertz CT molecular complexity index is 520. The Morgan fingerprint density at radius 1 is 1.37 bits per heavy atom. The lowest BCUT2D eigenvalue weighted by molar-refractivity contribution is -0.137. The van der Waals surface area contributed by atoms with E-state index in [1.807, 2.05) is 0 Å². The normalized spacial score (nSPS) is 15.9. The highest BCUT2D eigenvalue weighted by atomic mass is 32.1. The molecule has 0 N–H and O–H groups in total. The number of nitrogens with zero attached hydrogens (tertiary/aromatic N) is 2. The van der Waals surface area contributed by atoms with Crippen molar-refractivity contribution >= 4 is 28.8 Å². The predicted octanol–water partition coefficient (Wildman–Crippen LogP) is 3.27. The first-order valence-corrected chi connectivity index (χ1v) is 5.93. The minimum absolute atomic E-state index is 0.0620. The van der Waals surface area contributed by atoms with E-state index in [-0.39, 0.29) is 11.8 Å². The number of benzene rings is 1. The van der Waals surface area contributed by atoms with Gasteiger partial charge in [0, 0.05) is 25.9 Å². The average Bonchev–Trinajstić information content (AvgIpc) is 2.26. The number of hydrogen-bond acceptors (Lipinski definition) is 4. The SMILES string of the molecule is COC1CN(c2cc(N=C=S)cc(C(F)(F)F)c2)C1. The van der Waals surface area contributed by atoms with Crippen LogP contribution in [0.15, 0.2) is 23.2 Å². The third kappa shape index (κ3) is 3.12. The van der Waals surface area contributed by atoms with Gasteiger partial charge in [-0.2, -0.15) is 18.2 Å². The van der Waals surface area contributed by atoms with Crippen molar-refractivity contribution in [1.29, 1.82) is 0 Å². The number of hydrogen-bond donors (Lipinski definition) is 0. The molecule has 7 heteroatoms. The van der Waals surface area contributed by atoms with Crippen molar-refractivity contribution in [2.75, 3.05) is 25.1 Å². The number of rotatable bonds is 3. The molecule has 0 radical (unpaired) electrons. The number of methoxy groups -OCH3 is 1. The monoisotopic (exact) mass is 288 g/mol. The van der Waals surface area contributed by atoms with Gasteiger partial charge in [0.05, 0.1) is 22.5 Å². The van der Waals surface area contributed by atoms with E-state index in [0.717, 1.165) is 12.1 Å². The lowest BCUT2D eigenvalue weighted by Gasteiger charge is -2.40. The molecule has 1 aromatic rings. The van der Waals surface area contributed by atoms with Gasteiger partial charge in [-0.25, -0.2) is 0 Å². The topological polar surface area (TPSA) is 24.8 Å². The van der Waals surface area contributed by atoms with Crippen molar-refractivity contribution in [3.63, 3.8) is 0 Å². The van der Waals surface area contributed by atoms with E-state index in [9.17, 15) is 13.2 Å². The number of aliphatic imine (C=N–C) groups is 1. The zero-order valence-electron chi connectivity index (χ0n) is 10.1. The zero-order valence-corrected chi connectivity index (χ0v) is 10.9. The summed E-state index contributed by atoms with van der Waals surface area (Å²) in [7, 11) is 1.58. The molecule has 0 aliphatic carbocycles. The molecule has 1 aliphatic rings. The Morgan fingerprint density at radius 2 is 2.05 bits per heavy atom. The highest BCUT2D eigenvalue weighted by Gasteiger charge is 2.33. The number of anilines is 1. The largest absolute Gasteiger partial charge is 0.416 e. The number of ether oxygens (including phenoxy) is 1. The Balaban J connectivity index is 2.33. The van der Waals surface area contributed by atoms with E-state index in [4.69, 9.17) is 4.74 Å². The molecular weight excluding hydrogens is 277 g/mol. The molecule has 0 spiro atoms. The molecule has 0 saturated carbocycles. The summed E-state index contributed by atoms with van der Waals surface area (Å²) in [5, 5.41) is 2.08. The summed E-state index contributed by atoms with van der Waals surface area (Å²) in [4.78, 5) is 5.43. The van der Waals surface area contributed by atoms with E-state index in [0.29, 0.717) is 18.8 Å². The van der Waals surface area contributed by atoms with Crippen LogP contribution in [-0.2, 0) is 10.9 Å².